The van der Waals surface area contributed by atoms with E-state index in [1.165, 1.54) is 0 Å². The molecule has 0 aromatic heterocycles. The van der Waals surface area contributed by atoms with Crippen LogP contribution in [0.25, 0.3) is 0 Å². The molecule has 3 N–H and O–H groups in total. The molecule has 0 saturated carbocycles. The molecular weight excluding hydrogens is 246 g/mol. The second-order valence-electron chi connectivity index (χ2n) is 4.97. The summed E-state index contributed by atoms with van der Waals surface area (Å²) in [5, 5.41) is 9.16. The normalized spacial score (nSPS) is 11.3. The summed E-state index contributed by atoms with van der Waals surface area (Å²) in [5.41, 5.74) is 6.35. The Bertz CT molecular complexity index is 405. The van der Waals surface area contributed by atoms with Crippen LogP contribution in [0.3, 0.4) is 0 Å². The van der Waals surface area contributed by atoms with Crippen molar-refractivity contribution in [2.24, 2.45) is 11.1 Å². The van der Waals surface area contributed by atoms with Gasteiger partial charge in [-0.25, -0.2) is 0 Å². The number of ether oxygens (including phenoxy) is 1. The maximum Gasteiger partial charge on any atom is 0.124 e. The van der Waals surface area contributed by atoms with E-state index in [1.54, 1.807) is 0 Å². The number of thiocarbonyl (C=S) groups is 1. The predicted molar refractivity (Wildman–Crippen MR) is 77.7 cm³/mol. The molecule has 4 heteroatoms. The summed E-state index contributed by atoms with van der Waals surface area (Å²) in [7, 11) is 0. The Morgan fingerprint density at radius 3 is 2.67 bits per heavy atom. The van der Waals surface area contributed by atoms with Crippen LogP contribution in [0.1, 0.15) is 32.3 Å². The Morgan fingerprint density at radius 1 is 1.39 bits per heavy atom. The van der Waals surface area contributed by atoms with Crippen molar-refractivity contribution in [2.75, 3.05) is 6.61 Å². The second-order valence-corrected chi connectivity index (χ2v) is 5.41. The van der Waals surface area contributed by atoms with Crippen LogP contribution >= 0.6 is 12.2 Å². The van der Waals surface area contributed by atoms with Crippen molar-refractivity contribution in [1.82, 2.24) is 0 Å². The first-order valence-corrected chi connectivity index (χ1v) is 6.49. The highest BCUT2D eigenvalue weighted by atomic mass is 32.1. The van der Waals surface area contributed by atoms with E-state index in [9.17, 15) is 0 Å². The summed E-state index contributed by atoms with van der Waals surface area (Å²) in [5.74, 6) is 0.744. The lowest BCUT2D eigenvalue weighted by Gasteiger charge is -2.22. The predicted octanol–water partition coefficient (Wildman–Crippen LogP) is 2.65. The molecule has 0 spiro atoms. The Hall–Kier alpha value is -1.13. The zero-order chi connectivity index (χ0) is 13.6. The number of para-hydroxylation sites is 1. The van der Waals surface area contributed by atoms with Crippen LogP contribution < -0.4 is 10.5 Å². The molecule has 0 amide bonds. The number of nitrogens with two attached hydrogens (primary N) is 1. The first-order valence-electron chi connectivity index (χ1n) is 6.09. The Kier molecular flexibility index (Phi) is 5.56. The molecule has 0 bridgehead atoms. The van der Waals surface area contributed by atoms with E-state index in [-0.39, 0.29) is 12.0 Å². The van der Waals surface area contributed by atoms with Crippen molar-refractivity contribution in [3.8, 4) is 5.75 Å². The maximum atomic E-state index is 9.16. The Balaban J connectivity index is 2.41. The molecule has 0 unspecified atom stereocenters. The number of hydrogen-bond acceptors (Lipinski definition) is 3. The molecular formula is C14H21NO2S. The molecule has 3 nitrogen and oxygen atoms in total. The average Bonchev–Trinajstić information content (AvgIpc) is 2.35. The van der Waals surface area contributed by atoms with Gasteiger partial charge in [-0.1, -0.05) is 44.3 Å². The van der Waals surface area contributed by atoms with E-state index in [4.69, 9.17) is 27.8 Å². The molecule has 0 saturated heterocycles. The van der Waals surface area contributed by atoms with Gasteiger partial charge >= 0.3 is 0 Å². The fourth-order valence-electron chi connectivity index (χ4n) is 1.59. The molecule has 0 radical (unpaired) electrons. The minimum Gasteiger partial charge on any atom is -0.493 e. The van der Waals surface area contributed by atoms with Gasteiger partial charge in [-0.3, -0.25) is 0 Å². The Morgan fingerprint density at radius 2 is 2.06 bits per heavy atom. The molecule has 0 aliphatic rings. The molecule has 1 rings (SSSR count). The number of hydrogen-bond donors (Lipinski definition) is 2. The molecule has 0 aliphatic carbocycles. The van der Waals surface area contributed by atoms with Gasteiger partial charge in [0.15, 0.2) is 0 Å². The number of benzene rings is 1. The maximum absolute atomic E-state index is 9.16. The van der Waals surface area contributed by atoms with Gasteiger partial charge in [-0.15, -0.1) is 0 Å². The van der Waals surface area contributed by atoms with Crippen LogP contribution in [-0.2, 0) is 6.61 Å². The molecule has 0 atom stereocenters. The summed E-state index contributed by atoms with van der Waals surface area (Å²) in [4.78, 5) is 0.540. The van der Waals surface area contributed by atoms with Crippen molar-refractivity contribution in [2.45, 2.75) is 33.3 Å². The van der Waals surface area contributed by atoms with Gasteiger partial charge in [-0.2, -0.15) is 0 Å². The van der Waals surface area contributed by atoms with Crippen LogP contribution in [0.2, 0.25) is 0 Å². The van der Waals surface area contributed by atoms with Crippen molar-refractivity contribution in [3.05, 3.63) is 29.8 Å². The van der Waals surface area contributed by atoms with Crippen molar-refractivity contribution in [1.29, 1.82) is 0 Å². The van der Waals surface area contributed by atoms with Crippen LogP contribution in [-0.4, -0.2) is 16.7 Å². The third-order valence-corrected chi connectivity index (χ3v) is 3.57. The summed E-state index contributed by atoms with van der Waals surface area (Å²) in [6.45, 7) is 4.67. The number of aliphatic hydroxyl groups is 1. The molecule has 100 valence electrons. The molecule has 1 aromatic rings. The highest BCUT2D eigenvalue weighted by Gasteiger charge is 2.20. The minimum absolute atomic E-state index is 0.00540. The van der Waals surface area contributed by atoms with Crippen molar-refractivity contribution >= 4 is 17.2 Å². The lowest BCUT2D eigenvalue weighted by atomic mass is 9.88. The van der Waals surface area contributed by atoms with Gasteiger partial charge in [0.05, 0.1) is 18.2 Å². The van der Waals surface area contributed by atoms with Gasteiger partial charge in [0, 0.05) is 11.0 Å². The lowest BCUT2D eigenvalue weighted by molar-refractivity contribution is 0.255. The van der Waals surface area contributed by atoms with E-state index < -0.39 is 0 Å². The number of rotatable bonds is 7. The first kappa shape index (κ1) is 14.9. The highest BCUT2D eigenvalue weighted by Crippen LogP contribution is 2.23. The van der Waals surface area contributed by atoms with E-state index in [0.29, 0.717) is 11.6 Å². The monoisotopic (exact) mass is 267 g/mol. The molecule has 1 aromatic carbocycles. The fraction of sp³-hybridized carbons (Fsp3) is 0.500. The summed E-state index contributed by atoms with van der Waals surface area (Å²) in [6.07, 6.45) is 1.77. The first-order chi connectivity index (χ1) is 8.47. The van der Waals surface area contributed by atoms with Gasteiger partial charge in [0.2, 0.25) is 0 Å². The topological polar surface area (TPSA) is 55.5 Å². The quantitative estimate of drug-likeness (QED) is 0.589. The largest absolute Gasteiger partial charge is 0.493 e. The molecule has 0 aliphatic heterocycles. The van der Waals surface area contributed by atoms with Crippen LogP contribution in [0, 0.1) is 5.41 Å². The second kappa shape index (κ2) is 6.71. The molecule has 0 fully saturated rings. The van der Waals surface area contributed by atoms with Crippen LogP contribution in [0.15, 0.2) is 24.3 Å². The van der Waals surface area contributed by atoms with Crippen molar-refractivity contribution < 1.29 is 9.84 Å². The van der Waals surface area contributed by atoms with Gasteiger partial charge in [-0.05, 0) is 18.9 Å². The van der Waals surface area contributed by atoms with E-state index in [2.05, 4.69) is 0 Å². The van der Waals surface area contributed by atoms with Gasteiger partial charge < -0.3 is 15.6 Å². The zero-order valence-electron chi connectivity index (χ0n) is 11.0. The Labute approximate surface area is 114 Å². The zero-order valence-corrected chi connectivity index (χ0v) is 11.8. The summed E-state index contributed by atoms with van der Waals surface area (Å²) < 4.78 is 5.66. The highest BCUT2D eigenvalue weighted by molar-refractivity contribution is 7.80. The van der Waals surface area contributed by atoms with Crippen molar-refractivity contribution in [3.63, 3.8) is 0 Å². The van der Waals surface area contributed by atoms with E-state index in [0.717, 1.165) is 24.2 Å². The standard InChI is InChI=1S/C14H21NO2S/c1-14(2,13(15)18)8-5-9-17-12-7-4-3-6-11(12)10-16/h3-4,6-7,16H,5,8-10H2,1-2H3,(H2,15,18). The molecule has 0 heterocycles. The fourth-order valence-corrected chi connectivity index (χ4v) is 1.70. The van der Waals surface area contributed by atoms with E-state index in [1.807, 2.05) is 38.1 Å². The van der Waals surface area contributed by atoms with E-state index >= 15 is 0 Å². The summed E-state index contributed by atoms with van der Waals surface area (Å²) in [6, 6.07) is 7.50. The lowest BCUT2D eigenvalue weighted by Crippen LogP contribution is -2.30. The third-order valence-electron chi connectivity index (χ3n) is 3.01. The minimum atomic E-state index is -0.130. The molecule has 18 heavy (non-hydrogen) atoms. The van der Waals surface area contributed by atoms with Gasteiger partial charge in [0.1, 0.15) is 5.75 Å². The number of aliphatic hydroxyl groups excluding tert-OH is 1. The SMILES string of the molecule is CC(C)(CCCOc1ccccc1CO)C(N)=S. The summed E-state index contributed by atoms with van der Waals surface area (Å²) >= 11 is 5.02. The van der Waals surface area contributed by atoms with Crippen LogP contribution in [0.5, 0.6) is 5.75 Å². The van der Waals surface area contributed by atoms with Crippen LogP contribution in [0.4, 0.5) is 0 Å². The third kappa shape index (κ3) is 4.27. The smallest absolute Gasteiger partial charge is 0.124 e. The van der Waals surface area contributed by atoms with Gasteiger partial charge in [0.25, 0.3) is 0 Å². The average molecular weight is 267 g/mol.